The number of hydrogen-bond donors (Lipinski definition) is 1. The highest BCUT2D eigenvalue weighted by atomic mass is 79.9. The molecule has 7 heteroatoms. The fourth-order valence-electron chi connectivity index (χ4n) is 2.73. The summed E-state index contributed by atoms with van der Waals surface area (Å²) in [6.07, 6.45) is 0. The number of piperazine rings is 1. The first kappa shape index (κ1) is 14.6. The summed E-state index contributed by atoms with van der Waals surface area (Å²) in [6.45, 7) is 3.38. The Morgan fingerprint density at radius 2 is 2.00 bits per heavy atom. The summed E-state index contributed by atoms with van der Waals surface area (Å²) < 4.78 is 11.5. The molecule has 2 aliphatic rings. The van der Waals surface area contributed by atoms with Crippen molar-refractivity contribution in [2.75, 3.05) is 40.0 Å². The number of likely N-dealkylation sites (N-methyl/N-ethyl adjacent to an activating group) is 1. The highest BCUT2D eigenvalue weighted by molar-refractivity contribution is 9.10. The summed E-state index contributed by atoms with van der Waals surface area (Å²) in [5.41, 5.74) is 0.711. The Hall–Kier alpha value is -1.31. The third-order valence-electron chi connectivity index (χ3n) is 3.90. The van der Waals surface area contributed by atoms with E-state index in [9.17, 15) is 9.90 Å². The number of carbonyl (C=O) groups is 1. The van der Waals surface area contributed by atoms with Gasteiger partial charge in [0, 0.05) is 26.2 Å². The lowest BCUT2D eigenvalue weighted by Crippen LogP contribution is -2.47. The highest BCUT2D eigenvalue weighted by Crippen LogP contribution is 2.42. The number of carboxylic acids is 1. The van der Waals surface area contributed by atoms with Gasteiger partial charge in [0.25, 0.3) is 0 Å². The van der Waals surface area contributed by atoms with Crippen LogP contribution in [0.5, 0.6) is 11.5 Å². The molecule has 6 nitrogen and oxygen atoms in total. The molecule has 1 unspecified atom stereocenters. The van der Waals surface area contributed by atoms with E-state index in [4.69, 9.17) is 9.47 Å². The van der Waals surface area contributed by atoms with Crippen LogP contribution in [0.2, 0.25) is 0 Å². The van der Waals surface area contributed by atoms with Gasteiger partial charge in [-0.2, -0.15) is 0 Å². The third-order valence-corrected chi connectivity index (χ3v) is 4.49. The average Bonchev–Trinajstić information content (AvgIpc) is 2.90. The Bertz CT molecular complexity index is 558. The zero-order valence-corrected chi connectivity index (χ0v) is 13.3. The molecular weight excluding hydrogens is 340 g/mol. The summed E-state index contributed by atoms with van der Waals surface area (Å²) in [7, 11) is 2.05. The van der Waals surface area contributed by atoms with Crippen LogP contribution in [0.1, 0.15) is 11.6 Å². The second-order valence-electron chi connectivity index (χ2n) is 5.32. The van der Waals surface area contributed by atoms with Crippen LogP contribution in [0.4, 0.5) is 0 Å². The molecule has 21 heavy (non-hydrogen) atoms. The standard InChI is InChI=1S/C14H17BrN2O4/c1-16-2-4-17(5-3-16)12(14(18)19)9-6-10(15)13-11(7-9)20-8-21-13/h6-7,12H,2-5,8H2,1H3,(H,18,19). The third kappa shape index (κ3) is 2.86. The highest BCUT2D eigenvalue weighted by Gasteiger charge is 2.31. The van der Waals surface area contributed by atoms with Gasteiger partial charge < -0.3 is 19.5 Å². The molecule has 2 aliphatic heterocycles. The van der Waals surface area contributed by atoms with Gasteiger partial charge in [-0.3, -0.25) is 9.69 Å². The number of fused-ring (bicyclic) bond motifs is 1. The van der Waals surface area contributed by atoms with Gasteiger partial charge in [0.2, 0.25) is 6.79 Å². The number of aliphatic carboxylic acids is 1. The topological polar surface area (TPSA) is 62.2 Å². The fraction of sp³-hybridized carbons (Fsp3) is 0.500. The predicted octanol–water partition coefficient (Wildman–Crippen LogP) is 1.55. The average molecular weight is 357 g/mol. The van der Waals surface area contributed by atoms with E-state index in [-0.39, 0.29) is 6.79 Å². The van der Waals surface area contributed by atoms with Crippen molar-refractivity contribution in [3.63, 3.8) is 0 Å². The molecule has 0 aliphatic carbocycles. The second-order valence-corrected chi connectivity index (χ2v) is 6.17. The number of rotatable bonds is 3. The van der Waals surface area contributed by atoms with Crippen molar-refractivity contribution in [1.82, 2.24) is 9.80 Å². The summed E-state index contributed by atoms with van der Waals surface area (Å²) in [5.74, 6) is 0.395. The number of ether oxygens (including phenoxy) is 2. The molecule has 2 heterocycles. The Balaban J connectivity index is 1.91. The van der Waals surface area contributed by atoms with Crippen molar-refractivity contribution in [1.29, 1.82) is 0 Å². The number of benzene rings is 1. The fourth-order valence-corrected chi connectivity index (χ4v) is 3.31. The zero-order chi connectivity index (χ0) is 15.0. The normalized spacial score (nSPS) is 20.5. The molecule has 1 saturated heterocycles. The summed E-state index contributed by atoms with van der Waals surface area (Å²) in [5, 5.41) is 9.64. The Labute approximate surface area is 131 Å². The molecule has 1 N–H and O–H groups in total. The molecule has 1 fully saturated rings. The van der Waals surface area contributed by atoms with Crippen molar-refractivity contribution < 1.29 is 19.4 Å². The van der Waals surface area contributed by atoms with Crippen LogP contribution < -0.4 is 9.47 Å². The van der Waals surface area contributed by atoms with Crippen LogP contribution in [0, 0.1) is 0 Å². The lowest BCUT2D eigenvalue weighted by atomic mass is 10.0. The molecule has 114 valence electrons. The minimum Gasteiger partial charge on any atom is -0.480 e. The molecule has 0 spiro atoms. The van der Waals surface area contributed by atoms with E-state index in [1.807, 2.05) is 18.0 Å². The van der Waals surface area contributed by atoms with Crippen molar-refractivity contribution in [3.05, 3.63) is 22.2 Å². The summed E-state index contributed by atoms with van der Waals surface area (Å²) >= 11 is 3.42. The molecule has 0 radical (unpaired) electrons. The van der Waals surface area contributed by atoms with Crippen LogP contribution in [-0.2, 0) is 4.79 Å². The molecule has 1 aromatic rings. The van der Waals surface area contributed by atoms with Crippen LogP contribution in [0.3, 0.4) is 0 Å². The van der Waals surface area contributed by atoms with Crippen LogP contribution >= 0.6 is 15.9 Å². The monoisotopic (exact) mass is 356 g/mol. The van der Waals surface area contributed by atoms with E-state index in [2.05, 4.69) is 20.8 Å². The van der Waals surface area contributed by atoms with Crippen LogP contribution in [-0.4, -0.2) is 60.9 Å². The molecule has 1 aromatic carbocycles. The van der Waals surface area contributed by atoms with E-state index in [0.717, 1.165) is 30.7 Å². The second kappa shape index (κ2) is 5.82. The maximum Gasteiger partial charge on any atom is 0.325 e. The number of hydrogen-bond acceptors (Lipinski definition) is 5. The van der Waals surface area contributed by atoms with Gasteiger partial charge in [0.05, 0.1) is 4.47 Å². The van der Waals surface area contributed by atoms with E-state index in [1.165, 1.54) is 0 Å². The molecule has 0 aromatic heterocycles. The number of carboxylic acid groups (broad SMARTS) is 1. The van der Waals surface area contributed by atoms with Gasteiger partial charge in [-0.1, -0.05) is 0 Å². The maximum atomic E-state index is 11.7. The van der Waals surface area contributed by atoms with Crippen LogP contribution in [0.15, 0.2) is 16.6 Å². The zero-order valence-electron chi connectivity index (χ0n) is 11.7. The quantitative estimate of drug-likeness (QED) is 0.886. The predicted molar refractivity (Wildman–Crippen MR) is 79.7 cm³/mol. The van der Waals surface area contributed by atoms with Gasteiger partial charge in [-0.15, -0.1) is 0 Å². The first-order valence-electron chi connectivity index (χ1n) is 6.80. The Morgan fingerprint density at radius 3 is 2.67 bits per heavy atom. The minimum absolute atomic E-state index is 0.170. The van der Waals surface area contributed by atoms with E-state index in [1.54, 1.807) is 6.07 Å². The van der Waals surface area contributed by atoms with E-state index in [0.29, 0.717) is 17.1 Å². The maximum absolute atomic E-state index is 11.7. The summed E-state index contributed by atoms with van der Waals surface area (Å²) in [4.78, 5) is 15.9. The Kier molecular flexibility index (Phi) is 4.05. The smallest absolute Gasteiger partial charge is 0.325 e. The first-order chi connectivity index (χ1) is 10.1. The molecule has 0 bridgehead atoms. The first-order valence-corrected chi connectivity index (χ1v) is 7.60. The molecule has 3 rings (SSSR count). The van der Waals surface area contributed by atoms with Gasteiger partial charge in [0.1, 0.15) is 6.04 Å². The van der Waals surface area contributed by atoms with Crippen molar-refractivity contribution in [2.24, 2.45) is 0 Å². The molecule has 1 atom stereocenters. The lowest BCUT2D eigenvalue weighted by Gasteiger charge is -2.36. The lowest BCUT2D eigenvalue weighted by molar-refractivity contribution is -0.144. The van der Waals surface area contributed by atoms with Gasteiger partial charge in [-0.05, 0) is 40.7 Å². The van der Waals surface area contributed by atoms with E-state index >= 15 is 0 Å². The van der Waals surface area contributed by atoms with Crippen molar-refractivity contribution in [2.45, 2.75) is 6.04 Å². The summed E-state index contributed by atoms with van der Waals surface area (Å²) in [6, 6.07) is 2.92. The van der Waals surface area contributed by atoms with E-state index < -0.39 is 12.0 Å². The molecule has 0 saturated carbocycles. The van der Waals surface area contributed by atoms with Crippen molar-refractivity contribution >= 4 is 21.9 Å². The van der Waals surface area contributed by atoms with Crippen LogP contribution in [0.25, 0.3) is 0 Å². The molecule has 0 amide bonds. The van der Waals surface area contributed by atoms with Gasteiger partial charge in [0.15, 0.2) is 11.5 Å². The molecular formula is C14H17BrN2O4. The van der Waals surface area contributed by atoms with Gasteiger partial charge >= 0.3 is 5.97 Å². The number of nitrogens with zero attached hydrogens (tertiary/aromatic N) is 2. The minimum atomic E-state index is -0.842. The SMILES string of the molecule is CN1CCN(C(C(=O)O)c2cc(Br)c3c(c2)OCO3)CC1. The van der Waals surface area contributed by atoms with Crippen molar-refractivity contribution in [3.8, 4) is 11.5 Å². The number of halogens is 1. The van der Waals surface area contributed by atoms with Gasteiger partial charge in [-0.25, -0.2) is 0 Å². The Morgan fingerprint density at radius 1 is 1.29 bits per heavy atom. The largest absolute Gasteiger partial charge is 0.480 e.